The first-order valence-corrected chi connectivity index (χ1v) is 10.1. The standard InChI is InChI=1S/C19H23F3N2OS/c1-26-10-9-16(13-7-8-13)23-18(25)24-12-15(19(20,21)22)11-17(24)14-5-3-2-4-6-14/h2-6,9-10,13,15-17H,7-8,11-12H2,1H3,(H,23,25)/b10-9+. The summed E-state index contributed by atoms with van der Waals surface area (Å²) >= 11 is 1.54. The predicted molar refractivity (Wildman–Crippen MR) is 97.7 cm³/mol. The van der Waals surface area contributed by atoms with Gasteiger partial charge in [0.05, 0.1) is 18.0 Å². The normalized spacial score (nSPS) is 24.8. The molecule has 0 aromatic heterocycles. The van der Waals surface area contributed by atoms with E-state index in [1.807, 2.05) is 23.8 Å². The lowest BCUT2D eigenvalue weighted by molar-refractivity contribution is -0.170. The van der Waals surface area contributed by atoms with Crippen molar-refractivity contribution in [1.29, 1.82) is 0 Å². The summed E-state index contributed by atoms with van der Waals surface area (Å²) in [5.74, 6) is -1.10. The van der Waals surface area contributed by atoms with Crippen molar-refractivity contribution in [2.24, 2.45) is 11.8 Å². The van der Waals surface area contributed by atoms with Crippen molar-refractivity contribution in [2.45, 2.75) is 37.5 Å². The molecule has 2 amide bonds. The number of urea groups is 1. The molecular formula is C19H23F3N2OS. The van der Waals surface area contributed by atoms with Crippen LogP contribution in [0.4, 0.5) is 18.0 Å². The molecule has 1 N–H and O–H groups in total. The Morgan fingerprint density at radius 1 is 1.31 bits per heavy atom. The van der Waals surface area contributed by atoms with E-state index in [0.29, 0.717) is 5.92 Å². The van der Waals surface area contributed by atoms with Crippen LogP contribution in [-0.4, -0.2) is 35.9 Å². The Balaban J connectivity index is 1.77. The zero-order valence-corrected chi connectivity index (χ0v) is 15.4. The number of carbonyl (C=O) groups excluding carboxylic acids is 1. The van der Waals surface area contributed by atoms with Crippen LogP contribution in [0.2, 0.25) is 0 Å². The lowest BCUT2D eigenvalue weighted by Crippen LogP contribution is -2.45. The molecular weight excluding hydrogens is 361 g/mol. The highest BCUT2D eigenvalue weighted by molar-refractivity contribution is 8.01. The molecule has 1 heterocycles. The first-order valence-electron chi connectivity index (χ1n) is 8.78. The number of hydrogen-bond donors (Lipinski definition) is 1. The van der Waals surface area contributed by atoms with Crippen LogP contribution in [0, 0.1) is 11.8 Å². The molecule has 26 heavy (non-hydrogen) atoms. The van der Waals surface area contributed by atoms with Crippen molar-refractivity contribution in [3.8, 4) is 0 Å². The number of nitrogens with one attached hydrogen (secondary N) is 1. The molecule has 7 heteroatoms. The zero-order chi connectivity index (χ0) is 18.7. The first-order chi connectivity index (χ1) is 12.4. The quantitative estimate of drug-likeness (QED) is 0.777. The third-order valence-electron chi connectivity index (χ3n) is 5.05. The van der Waals surface area contributed by atoms with Crippen LogP contribution in [0.1, 0.15) is 30.9 Å². The minimum Gasteiger partial charge on any atom is -0.331 e. The maximum atomic E-state index is 13.3. The molecule has 0 bridgehead atoms. The van der Waals surface area contributed by atoms with Crippen LogP contribution in [0.25, 0.3) is 0 Å². The van der Waals surface area contributed by atoms with Gasteiger partial charge in [0.25, 0.3) is 0 Å². The van der Waals surface area contributed by atoms with Gasteiger partial charge in [-0.1, -0.05) is 36.4 Å². The smallest absolute Gasteiger partial charge is 0.331 e. The molecule has 3 unspecified atom stereocenters. The Hall–Kier alpha value is -1.63. The fourth-order valence-corrected chi connectivity index (χ4v) is 3.78. The van der Waals surface area contributed by atoms with Crippen molar-refractivity contribution in [2.75, 3.05) is 12.8 Å². The van der Waals surface area contributed by atoms with Crippen LogP contribution in [-0.2, 0) is 0 Å². The van der Waals surface area contributed by atoms with Crippen LogP contribution in [0.5, 0.6) is 0 Å². The Labute approximate surface area is 156 Å². The summed E-state index contributed by atoms with van der Waals surface area (Å²) in [6, 6.07) is 7.91. The summed E-state index contributed by atoms with van der Waals surface area (Å²) in [5, 5.41) is 4.86. The molecule has 0 spiro atoms. The molecule has 3 nitrogen and oxygen atoms in total. The number of thioether (sulfide) groups is 1. The number of alkyl halides is 3. The number of benzene rings is 1. The topological polar surface area (TPSA) is 32.3 Å². The molecule has 3 rings (SSSR count). The van der Waals surface area contributed by atoms with Gasteiger partial charge in [-0.2, -0.15) is 13.2 Å². The van der Waals surface area contributed by atoms with E-state index in [9.17, 15) is 18.0 Å². The van der Waals surface area contributed by atoms with E-state index in [-0.39, 0.29) is 19.0 Å². The molecule has 2 aliphatic rings. The van der Waals surface area contributed by atoms with Gasteiger partial charge >= 0.3 is 12.2 Å². The summed E-state index contributed by atoms with van der Waals surface area (Å²) in [6.07, 6.45) is 1.57. The maximum absolute atomic E-state index is 13.3. The number of likely N-dealkylation sites (tertiary alicyclic amines) is 1. The minimum atomic E-state index is -4.29. The second-order valence-corrected chi connectivity index (χ2v) is 7.67. The Bertz CT molecular complexity index is 646. The van der Waals surface area contributed by atoms with Gasteiger partial charge in [-0.25, -0.2) is 4.79 Å². The number of carbonyl (C=O) groups is 1. The third kappa shape index (κ3) is 4.55. The minimum absolute atomic E-state index is 0.0876. The SMILES string of the molecule is CS/C=C/C(NC(=O)N1CC(C(F)(F)F)CC1c1ccccc1)C1CC1. The molecule has 0 radical (unpaired) electrons. The van der Waals surface area contributed by atoms with E-state index in [2.05, 4.69) is 5.32 Å². The highest BCUT2D eigenvalue weighted by Gasteiger charge is 2.49. The first kappa shape index (κ1) is 19.1. The molecule has 1 saturated heterocycles. The monoisotopic (exact) mass is 384 g/mol. The van der Waals surface area contributed by atoms with Gasteiger partial charge in [-0.05, 0) is 42.4 Å². The van der Waals surface area contributed by atoms with E-state index in [0.717, 1.165) is 18.4 Å². The average molecular weight is 384 g/mol. The average Bonchev–Trinajstić information content (AvgIpc) is 3.35. The van der Waals surface area contributed by atoms with Gasteiger partial charge in [0, 0.05) is 6.54 Å². The summed E-state index contributed by atoms with van der Waals surface area (Å²) in [6.45, 7) is -0.293. The molecule has 142 valence electrons. The van der Waals surface area contributed by atoms with E-state index < -0.39 is 24.2 Å². The Morgan fingerprint density at radius 2 is 2.00 bits per heavy atom. The summed E-state index contributed by atoms with van der Waals surface area (Å²) in [4.78, 5) is 14.2. The zero-order valence-electron chi connectivity index (χ0n) is 14.6. The summed E-state index contributed by atoms with van der Waals surface area (Å²) in [5.41, 5.74) is 0.747. The number of halogens is 3. The van der Waals surface area contributed by atoms with E-state index in [4.69, 9.17) is 0 Å². The third-order valence-corrected chi connectivity index (χ3v) is 5.48. The van der Waals surface area contributed by atoms with E-state index >= 15 is 0 Å². The van der Waals surface area contributed by atoms with E-state index in [1.54, 1.807) is 36.0 Å². The van der Waals surface area contributed by atoms with Crippen molar-refractivity contribution < 1.29 is 18.0 Å². The molecule has 1 aromatic rings. The lowest BCUT2D eigenvalue weighted by Gasteiger charge is -2.27. The number of amides is 2. The lowest BCUT2D eigenvalue weighted by atomic mass is 9.99. The maximum Gasteiger partial charge on any atom is 0.393 e. The fourth-order valence-electron chi connectivity index (χ4n) is 3.46. The molecule has 1 aliphatic carbocycles. The highest BCUT2D eigenvalue weighted by atomic mass is 32.2. The van der Waals surface area contributed by atoms with Crippen molar-refractivity contribution in [3.05, 3.63) is 47.4 Å². The van der Waals surface area contributed by atoms with Gasteiger partial charge in [0.2, 0.25) is 0 Å². The van der Waals surface area contributed by atoms with Crippen molar-refractivity contribution in [1.82, 2.24) is 10.2 Å². The van der Waals surface area contributed by atoms with Gasteiger partial charge in [-0.3, -0.25) is 0 Å². The van der Waals surface area contributed by atoms with Crippen molar-refractivity contribution in [3.63, 3.8) is 0 Å². The van der Waals surface area contributed by atoms with Crippen LogP contribution in [0.3, 0.4) is 0 Å². The van der Waals surface area contributed by atoms with Crippen LogP contribution in [0.15, 0.2) is 41.8 Å². The summed E-state index contributed by atoms with van der Waals surface area (Å²) < 4.78 is 39.8. The van der Waals surface area contributed by atoms with Crippen LogP contribution < -0.4 is 5.32 Å². The Kier molecular flexibility index (Phi) is 5.85. The van der Waals surface area contributed by atoms with E-state index in [1.165, 1.54) is 4.90 Å². The van der Waals surface area contributed by atoms with Gasteiger partial charge in [0.15, 0.2) is 0 Å². The second-order valence-electron chi connectivity index (χ2n) is 6.93. The summed E-state index contributed by atoms with van der Waals surface area (Å²) in [7, 11) is 0. The second kappa shape index (κ2) is 7.94. The number of rotatable bonds is 5. The fraction of sp³-hybridized carbons (Fsp3) is 0.526. The van der Waals surface area contributed by atoms with Crippen LogP contribution >= 0.6 is 11.8 Å². The molecule has 1 saturated carbocycles. The van der Waals surface area contributed by atoms with Gasteiger partial charge in [-0.15, -0.1) is 11.8 Å². The molecule has 1 aliphatic heterocycles. The predicted octanol–water partition coefficient (Wildman–Crippen LogP) is 4.98. The van der Waals surface area contributed by atoms with Crippen molar-refractivity contribution >= 4 is 17.8 Å². The van der Waals surface area contributed by atoms with Gasteiger partial charge < -0.3 is 10.2 Å². The largest absolute Gasteiger partial charge is 0.393 e. The number of nitrogens with zero attached hydrogens (tertiary/aromatic N) is 1. The molecule has 1 aromatic carbocycles. The molecule has 2 fully saturated rings. The Morgan fingerprint density at radius 3 is 2.58 bits per heavy atom. The van der Waals surface area contributed by atoms with Gasteiger partial charge in [0.1, 0.15) is 0 Å². The highest BCUT2D eigenvalue weighted by Crippen LogP contribution is 2.43. The number of hydrogen-bond acceptors (Lipinski definition) is 2. The molecule has 3 atom stereocenters.